The second-order valence-corrected chi connectivity index (χ2v) is 16.6. The summed E-state index contributed by atoms with van der Waals surface area (Å²) in [6.45, 7) is 0. The number of fused-ring (bicyclic) bond motifs is 14. The predicted molar refractivity (Wildman–Crippen MR) is 248 cm³/mol. The lowest BCUT2D eigenvalue weighted by atomic mass is 9.70. The molecule has 0 fully saturated rings. The van der Waals surface area contributed by atoms with Gasteiger partial charge >= 0.3 is 0 Å². The second-order valence-electron chi connectivity index (χ2n) is 16.6. The molecule has 0 atom stereocenters. The lowest BCUT2D eigenvalue weighted by molar-refractivity contribution is 0.793. The van der Waals surface area contributed by atoms with Gasteiger partial charge in [-0.05, 0) is 125 Å². The van der Waals surface area contributed by atoms with E-state index >= 15 is 0 Å². The van der Waals surface area contributed by atoms with Gasteiger partial charge in [-0.15, -0.1) is 0 Å². The van der Waals surface area contributed by atoms with Gasteiger partial charge in [0, 0.05) is 49.7 Å². The molecule has 2 nitrogen and oxygen atoms in total. The van der Waals surface area contributed by atoms with Crippen molar-refractivity contribution in [3.05, 3.63) is 237 Å². The monoisotopic (exact) mass is 754 g/mol. The molecule has 8 aromatic rings. The van der Waals surface area contributed by atoms with E-state index in [1.54, 1.807) is 0 Å². The van der Waals surface area contributed by atoms with E-state index in [1.165, 1.54) is 112 Å². The molecule has 2 heterocycles. The van der Waals surface area contributed by atoms with Gasteiger partial charge in [0.2, 0.25) is 0 Å². The quantitative estimate of drug-likeness (QED) is 0.165. The fourth-order valence-electron chi connectivity index (χ4n) is 10.7. The molecule has 0 bridgehead atoms. The topological polar surface area (TPSA) is 6.48 Å². The number of para-hydroxylation sites is 2. The Labute approximate surface area is 346 Å². The zero-order valence-electron chi connectivity index (χ0n) is 33.3. The van der Waals surface area contributed by atoms with Gasteiger partial charge in [0.15, 0.2) is 0 Å². The Bertz CT molecular complexity index is 2900. The molecule has 0 saturated heterocycles. The molecule has 0 saturated carbocycles. The van der Waals surface area contributed by atoms with Crippen molar-refractivity contribution in [3.63, 3.8) is 0 Å². The molecule has 2 heteroatoms. The highest BCUT2D eigenvalue weighted by Gasteiger charge is 2.51. The number of rotatable bonds is 4. The van der Waals surface area contributed by atoms with E-state index in [4.69, 9.17) is 0 Å². The van der Waals surface area contributed by atoms with Crippen LogP contribution in [0.2, 0.25) is 0 Å². The van der Waals surface area contributed by atoms with E-state index in [0.29, 0.717) is 0 Å². The van der Waals surface area contributed by atoms with E-state index in [2.05, 4.69) is 218 Å². The highest BCUT2D eigenvalue weighted by Crippen LogP contribution is 2.63. The zero-order chi connectivity index (χ0) is 39.2. The van der Waals surface area contributed by atoms with Gasteiger partial charge in [-0.2, -0.15) is 0 Å². The Morgan fingerprint density at radius 1 is 0.339 bits per heavy atom. The molecule has 0 N–H and O–H groups in total. The molecule has 0 amide bonds. The van der Waals surface area contributed by atoms with Gasteiger partial charge in [0.05, 0.1) is 5.41 Å². The molecule has 4 aliphatic rings. The molecule has 0 aromatic heterocycles. The third kappa shape index (κ3) is 5.06. The zero-order valence-corrected chi connectivity index (χ0v) is 33.3. The second kappa shape index (κ2) is 12.9. The van der Waals surface area contributed by atoms with Crippen LogP contribution in [0, 0.1) is 0 Å². The van der Waals surface area contributed by atoms with Crippen LogP contribution in [0.4, 0.5) is 22.7 Å². The average molecular weight is 755 g/mol. The molecular formula is C57H42N2. The standard InChI is InChI=1S/C57H42N2/c1-58-53-17-9-3-11-41(53)35-43-27-23-39(33-55(43)58)21-19-37-25-29-47-48-30-26-38(20-22-40-24-28-44-36-42-12-4-10-18-54(42)59(2)56(44)34-40)32-52(48)57(51(47)31-37)49-15-7-5-13-45(49)46-14-6-8-16-50(46)57/h3-34H,35-36H2,1-2H3/b21-19+,22-20+. The molecule has 280 valence electrons. The maximum atomic E-state index is 2.46. The number of anilines is 4. The van der Waals surface area contributed by atoms with Gasteiger partial charge < -0.3 is 9.80 Å². The van der Waals surface area contributed by atoms with Crippen molar-refractivity contribution in [3.8, 4) is 22.3 Å². The first kappa shape index (κ1) is 33.9. The third-order valence-corrected chi connectivity index (χ3v) is 13.5. The first-order valence-electron chi connectivity index (χ1n) is 20.8. The highest BCUT2D eigenvalue weighted by atomic mass is 15.1. The number of benzene rings is 8. The highest BCUT2D eigenvalue weighted by molar-refractivity contribution is 5.96. The fraction of sp³-hybridized carbons (Fsp3) is 0.0877. The molecule has 8 aromatic carbocycles. The molecule has 1 spiro atoms. The summed E-state index contributed by atoms with van der Waals surface area (Å²) in [5.74, 6) is 0. The lowest BCUT2D eigenvalue weighted by Gasteiger charge is -2.31. The minimum Gasteiger partial charge on any atom is -0.344 e. The smallest absolute Gasteiger partial charge is 0.0725 e. The molecule has 2 aliphatic heterocycles. The van der Waals surface area contributed by atoms with Crippen LogP contribution < -0.4 is 9.80 Å². The Kier molecular flexibility index (Phi) is 7.43. The summed E-state index contributed by atoms with van der Waals surface area (Å²) in [5.41, 5.74) is 25.7. The Balaban J connectivity index is 0.940. The van der Waals surface area contributed by atoms with Crippen LogP contribution in [-0.4, -0.2) is 14.1 Å². The van der Waals surface area contributed by atoms with Crippen molar-refractivity contribution in [2.45, 2.75) is 18.3 Å². The van der Waals surface area contributed by atoms with Crippen molar-refractivity contribution in [1.82, 2.24) is 0 Å². The fourth-order valence-corrected chi connectivity index (χ4v) is 10.7. The first-order chi connectivity index (χ1) is 29.0. The maximum absolute atomic E-state index is 2.46. The molecular weight excluding hydrogens is 713 g/mol. The Morgan fingerprint density at radius 3 is 1.17 bits per heavy atom. The Hall–Kier alpha value is -7.16. The van der Waals surface area contributed by atoms with Crippen LogP contribution in [0.5, 0.6) is 0 Å². The largest absolute Gasteiger partial charge is 0.344 e. The molecule has 59 heavy (non-hydrogen) atoms. The number of hydrogen-bond donors (Lipinski definition) is 0. The number of nitrogens with zero attached hydrogens (tertiary/aromatic N) is 2. The van der Waals surface area contributed by atoms with E-state index in [0.717, 1.165) is 12.8 Å². The summed E-state index contributed by atoms with van der Waals surface area (Å²) in [6, 6.07) is 63.7. The van der Waals surface area contributed by atoms with E-state index in [-0.39, 0.29) is 0 Å². The molecule has 12 rings (SSSR count). The van der Waals surface area contributed by atoms with Crippen molar-refractivity contribution in [2.24, 2.45) is 0 Å². The van der Waals surface area contributed by atoms with Gasteiger partial charge in [-0.1, -0.05) is 158 Å². The maximum Gasteiger partial charge on any atom is 0.0725 e. The van der Waals surface area contributed by atoms with Crippen LogP contribution in [0.25, 0.3) is 46.6 Å². The van der Waals surface area contributed by atoms with Crippen molar-refractivity contribution in [1.29, 1.82) is 0 Å². The van der Waals surface area contributed by atoms with Crippen molar-refractivity contribution in [2.75, 3.05) is 23.9 Å². The Morgan fingerprint density at radius 2 is 0.695 bits per heavy atom. The minimum absolute atomic E-state index is 0.421. The summed E-state index contributed by atoms with van der Waals surface area (Å²) in [5, 5.41) is 0. The van der Waals surface area contributed by atoms with Crippen LogP contribution in [0.3, 0.4) is 0 Å². The predicted octanol–water partition coefficient (Wildman–Crippen LogP) is 13.7. The number of hydrogen-bond acceptors (Lipinski definition) is 2. The first-order valence-corrected chi connectivity index (χ1v) is 20.8. The minimum atomic E-state index is -0.421. The molecule has 0 radical (unpaired) electrons. The van der Waals surface area contributed by atoms with Gasteiger partial charge in [-0.25, -0.2) is 0 Å². The van der Waals surface area contributed by atoms with Gasteiger partial charge in [-0.3, -0.25) is 0 Å². The summed E-state index contributed by atoms with van der Waals surface area (Å²) >= 11 is 0. The average Bonchev–Trinajstić information content (AvgIpc) is 3.74. The molecule has 0 unspecified atom stereocenters. The summed E-state index contributed by atoms with van der Waals surface area (Å²) in [6.07, 6.45) is 11.1. The van der Waals surface area contributed by atoms with Crippen molar-refractivity contribution >= 4 is 47.1 Å². The third-order valence-electron chi connectivity index (χ3n) is 13.5. The van der Waals surface area contributed by atoms with Gasteiger partial charge in [0.25, 0.3) is 0 Å². The van der Waals surface area contributed by atoms with E-state index in [1.807, 2.05) is 0 Å². The summed E-state index contributed by atoms with van der Waals surface area (Å²) in [4.78, 5) is 4.68. The molecule has 2 aliphatic carbocycles. The van der Waals surface area contributed by atoms with Crippen LogP contribution >= 0.6 is 0 Å². The van der Waals surface area contributed by atoms with Gasteiger partial charge in [0.1, 0.15) is 0 Å². The normalized spacial score (nSPS) is 14.7. The SMILES string of the molecule is CN1c2ccccc2Cc2ccc(/C=C/c3ccc4c(c3)C3(c5ccccc5-c5ccccc53)c3cc(/C=C/c5ccc6c(c5)N(C)c5ccccc5C6)ccc3-4)cc21. The van der Waals surface area contributed by atoms with Crippen molar-refractivity contribution < 1.29 is 0 Å². The lowest BCUT2D eigenvalue weighted by Crippen LogP contribution is -2.26. The van der Waals surface area contributed by atoms with Crippen LogP contribution in [0.15, 0.2) is 170 Å². The summed E-state index contributed by atoms with van der Waals surface area (Å²) < 4.78 is 0. The van der Waals surface area contributed by atoms with Crippen LogP contribution in [0.1, 0.15) is 66.8 Å². The van der Waals surface area contributed by atoms with E-state index in [9.17, 15) is 0 Å². The van der Waals surface area contributed by atoms with E-state index < -0.39 is 5.41 Å². The van der Waals surface area contributed by atoms with Crippen LogP contribution in [-0.2, 0) is 18.3 Å². The summed E-state index contributed by atoms with van der Waals surface area (Å²) in [7, 11) is 4.37.